The molecule has 0 radical (unpaired) electrons. The highest BCUT2D eigenvalue weighted by molar-refractivity contribution is 5.30. The van der Waals surface area contributed by atoms with E-state index in [1.807, 2.05) is 0 Å². The quantitative estimate of drug-likeness (QED) is 0.888. The summed E-state index contributed by atoms with van der Waals surface area (Å²) in [6.45, 7) is 7.54. The maximum absolute atomic E-state index is 5.83. The molecule has 2 heteroatoms. The van der Waals surface area contributed by atoms with E-state index >= 15 is 0 Å². The summed E-state index contributed by atoms with van der Waals surface area (Å²) in [6.07, 6.45) is 2.64. The second-order valence-electron chi connectivity index (χ2n) is 6.31. The fourth-order valence-electron chi connectivity index (χ4n) is 2.76. The summed E-state index contributed by atoms with van der Waals surface area (Å²) in [5, 5.41) is 0. The van der Waals surface area contributed by atoms with E-state index < -0.39 is 0 Å². The Morgan fingerprint density at radius 2 is 1.94 bits per heavy atom. The summed E-state index contributed by atoms with van der Waals surface area (Å²) in [5.41, 5.74) is 8.75. The fourth-order valence-corrected chi connectivity index (χ4v) is 2.76. The Labute approximate surface area is 111 Å². The van der Waals surface area contributed by atoms with Crippen molar-refractivity contribution in [3.05, 3.63) is 35.4 Å². The molecule has 2 nitrogen and oxygen atoms in total. The first-order chi connectivity index (χ1) is 8.53. The van der Waals surface area contributed by atoms with Crippen LogP contribution in [0.3, 0.4) is 0 Å². The predicted molar refractivity (Wildman–Crippen MR) is 78.0 cm³/mol. The lowest BCUT2D eigenvalue weighted by Crippen LogP contribution is -2.31. The first-order valence-corrected chi connectivity index (χ1v) is 7.02. The van der Waals surface area contributed by atoms with E-state index in [1.165, 1.54) is 37.1 Å². The molecule has 1 saturated heterocycles. The van der Waals surface area contributed by atoms with Gasteiger partial charge in [0.05, 0.1) is 0 Å². The number of nitrogens with two attached hydrogens (primary N) is 1. The Hall–Kier alpha value is -0.860. The number of rotatable bonds is 3. The number of likely N-dealkylation sites (N-methyl/N-ethyl adjacent to an activating group) is 1. The van der Waals surface area contributed by atoms with Gasteiger partial charge in [-0.1, -0.05) is 38.1 Å². The topological polar surface area (TPSA) is 29.3 Å². The van der Waals surface area contributed by atoms with Crippen molar-refractivity contribution in [1.82, 2.24) is 4.90 Å². The van der Waals surface area contributed by atoms with Gasteiger partial charge in [0.2, 0.25) is 0 Å². The monoisotopic (exact) mass is 246 g/mol. The molecule has 100 valence electrons. The van der Waals surface area contributed by atoms with Gasteiger partial charge in [0.15, 0.2) is 0 Å². The zero-order chi connectivity index (χ0) is 13.2. The number of hydrogen-bond acceptors (Lipinski definition) is 2. The van der Waals surface area contributed by atoms with Crippen LogP contribution >= 0.6 is 0 Å². The highest BCUT2D eigenvalue weighted by Crippen LogP contribution is 2.28. The molecule has 1 fully saturated rings. The molecule has 1 aromatic carbocycles. The molecule has 0 aromatic heterocycles. The maximum Gasteiger partial charge on any atom is 0.00472 e. The number of piperidine rings is 1. The van der Waals surface area contributed by atoms with Crippen LogP contribution in [-0.2, 0) is 5.41 Å². The van der Waals surface area contributed by atoms with Gasteiger partial charge in [0.1, 0.15) is 0 Å². The molecule has 18 heavy (non-hydrogen) atoms. The standard InChI is InChI=1S/C16H26N2/c1-16(2,12-17)15-8-6-13(7-9-15)14-5-4-10-18(3)11-14/h6-9,14H,4-5,10-12,17H2,1-3H3. The van der Waals surface area contributed by atoms with E-state index in [4.69, 9.17) is 5.73 Å². The second-order valence-corrected chi connectivity index (χ2v) is 6.31. The van der Waals surface area contributed by atoms with Crippen molar-refractivity contribution in [2.75, 3.05) is 26.7 Å². The Morgan fingerprint density at radius 1 is 1.28 bits per heavy atom. The lowest BCUT2D eigenvalue weighted by Gasteiger charge is -2.30. The molecule has 2 rings (SSSR count). The van der Waals surface area contributed by atoms with E-state index in [1.54, 1.807) is 0 Å². The van der Waals surface area contributed by atoms with Gasteiger partial charge in [0.25, 0.3) is 0 Å². The molecule has 0 amide bonds. The van der Waals surface area contributed by atoms with Crippen LogP contribution in [0.2, 0.25) is 0 Å². The highest BCUT2D eigenvalue weighted by Gasteiger charge is 2.21. The molecule has 0 bridgehead atoms. The largest absolute Gasteiger partial charge is 0.330 e. The number of nitrogens with zero attached hydrogens (tertiary/aromatic N) is 1. The summed E-state index contributed by atoms with van der Waals surface area (Å²) < 4.78 is 0. The van der Waals surface area contributed by atoms with Gasteiger partial charge in [-0.2, -0.15) is 0 Å². The molecule has 0 aliphatic carbocycles. The summed E-state index contributed by atoms with van der Waals surface area (Å²) in [4.78, 5) is 2.44. The van der Waals surface area contributed by atoms with Crippen LogP contribution in [0.4, 0.5) is 0 Å². The molecule has 1 aromatic rings. The van der Waals surface area contributed by atoms with E-state index in [-0.39, 0.29) is 5.41 Å². The summed E-state index contributed by atoms with van der Waals surface area (Å²) in [6, 6.07) is 9.13. The minimum Gasteiger partial charge on any atom is -0.330 e. The minimum atomic E-state index is 0.0852. The van der Waals surface area contributed by atoms with Gasteiger partial charge < -0.3 is 10.6 Å². The zero-order valence-corrected chi connectivity index (χ0v) is 11.9. The van der Waals surface area contributed by atoms with Gasteiger partial charge in [-0.15, -0.1) is 0 Å². The Morgan fingerprint density at radius 3 is 2.50 bits per heavy atom. The summed E-state index contributed by atoms with van der Waals surface area (Å²) >= 11 is 0. The van der Waals surface area contributed by atoms with Crippen LogP contribution in [0.25, 0.3) is 0 Å². The van der Waals surface area contributed by atoms with Crippen molar-refractivity contribution < 1.29 is 0 Å². The van der Waals surface area contributed by atoms with Crippen molar-refractivity contribution in [2.24, 2.45) is 5.73 Å². The molecule has 0 saturated carbocycles. The highest BCUT2D eigenvalue weighted by atomic mass is 15.1. The first-order valence-electron chi connectivity index (χ1n) is 7.02. The lowest BCUT2D eigenvalue weighted by atomic mass is 9.83. The van der Waals surface area contributed by atoms with Crippen LogP contribution in [0.15, 0.2) is 24.3 Å². The van der Waals surface area contributed by atoms with E-state index in [0.717, 1.165) is 0 Å². The molecular formula is C16H26N2. The number of likely N-dealkylation sites (tertiary alicyclic amines) is 1. The average molecular weight is 246 g/mol. The van der Waals surface area contributed by atoms with Gasteiger partial charge >= 0.3 is 0 Å². The Kier molecular flexibility index (Phi) is 4.08. The summed E-state index contributed by atoms with van der Waals surface area (Å²) in [5.74, 6) is 0.707. The molecule has 2 N–H and O–H groups in total. The minimum absolute atomic E-state index is 0.0852. The zero-order valence-electron chi connectivity index (χ0n) is 11.9. The van der Waals surface area contributed by atoms with Crippen molar-refractivity contribution in [1.29, 1.82) is 0 Å². The molecule has 1 unspecified atom stereocenters. The van der Waals surface area contributed by atoms with E-state index in [9.17, 15) is 0 Å². The molecular weight excluding hydrogens is 220 g/mol. The average Bonchev–Trinajstić information content (AvgIpc) is 2.39. The molecule has 0 spiro atoms. The van der Waals surface area contributed by atoms with Crippen molar-refractivity contribution >= 4 is 0 Å². The number of benzene rings is 1. The molecule has 1 aliphatic rings. The second kappa shape index (κ2) is 5.41. The van der Waals surface area contributed by atoms with Crippen molar-refractivity contribution in [3.8, 4) is 0 Å². The SMILES string of the molecule is CN1CCCC(c2ccc(C(C)(C)CN)cc2)C1. The Bertz CT molecular complexity index is 381. The van der Waals surface area contributed by atoms with E-state index in [2.05, 4.69) is 50.1 Å². The maximum atomic E-state index is 5.83. The molecule has 1 aliphatic heterocycles. The first kappa shape index (κ1) is 13.6. The lowest BCUT2D eigenvalue weighted by molar-refractivity contribution is 0.251. The number of hydrogen-bond donors (Lipinski definition) is 1. The third-order valence-corrected chi connectivity index (χ3v) is 4.30. The van der Waals surface area contributed by atoms with Crippen molar-refractivity contribution in [3.63, 3.8) is 0 Å². The van der Waals surface area contributed by atoms with E-state index in [0.29, 0.717) is 12.5 Å². The van der Waals surface area contributed by atoms with Crippen LogP contribution in [-0.4, -0.2) is 31.6 Å². The van der Waals surface area contributed by atoms with Crippen molar-refractivity contribution in [2.45, 2.75) is 38.0 Å². The normalized spacial score (nSPS) is 22.1. The van der Waals surface area contributed by atoms with Gasteiger partial charge in [-0.05, 0) is 43.5 Å². The van der Waals surface area contributed by atoms with Crippen LogP contribution in [0.1, 0.15) is 43.7 Å². The van der Waals surface area contributed by atoms with Gasteiger partial charge in [0, 0.05) is 18.5 Å². The van der Waals surface area contributed by atoms with Crippen LogP contribution < -0.4 is 5.73 Å². The Balaban J connectivity index is 2.12. The van der Waals surface area contributed by atoms with Crippen LogP contribution in [0, 0.1) is 0 Å². The third-order valence-electron chi connectivity index (χ3n) is 4.30. The fraction of sp³-hybridized carbons (Fsp3) is 0.625. The third kappa shape index (κ3) is 2.93. The summed E-state index contributed by atoms with van der Waals surface area (Å²) in [7, 11) is 2.22. The predicted octanol–water partition coefficient (Wildman–Crippen LogP) is 2.73. The molecule has 1 heterocycles. The van der Waals surface area contributed by atoms with Crippen LogP contribution in [0.5, 0.6) is 0 Å². The van der Waals surface area contributed by atoms with Gasteiger partial charge in [-0.3, -0.25) is 0 Å². The smallest absolute Gasteiger partial charge is 0.00472 e. The molecule has 1 atom stereocenters. The van der Waals surface area contributed by atoms with Gasteiger partial charge in [-0.25, -0.2) is 0 Å².